The highest BCUT2D eigenvalue weighted by molar-refractivity contribution is 7.84. The van der Waals surface area contributed by atoms with Crippen LogP contribution in [0.15, 0.2) is 0 Å². The number of unbranched alkanes of at least 4 members (excludes halogenated alkanes) is 1. The normalized spacial score (nSPS) is 11.8. The summed E-state index contributed by atoms with van der Waals surface area (Å²) >= 11 is 0. The van der Waals surface area contributed by atoms with Gasteiger partial charge in [0.15, 0.2) is 0 Å². The molecule has 0 bridgehead atoms. The summed E-state index contributed by atoms with van der Waals surface area (Å²) in [6.07, 6.45) is 0.669. The molecule has 6 heteroatoms. The number of nitrogens with two attached hydrogens (primary N) is 1. The van der Waals surface area contributed by atoms with Crippen molar-refractivity contribution in [3.05, 3.63) is 0 Å². The van der Waals surface area contributed by atoms with Gasteiger partial charge in [0, 0.05) is 0 Å². The van der Waals surface area contributed by atoms with Gasteiger partial charge >= 0.3 is 10.3 Å². The molecule has 2 N–H and O–H groups in total. The second-order valence-corrected chi connectivity index (χ2v) is 2.93. The molecule has 0 aromatic rings. The van der Waals surface area contributed by atoms with E-state index < -0.39 is 17.0 Å². The van der Waals surface area contributed by atoms with E-state index >= 15 is 0 Å². The topological polar surface area (TPSA) is 69.4 Å². The molecule has 0 rings (SSSR count). The highest BCUT2D eigenvalue weighted by Gasteiger charge is 1.99. The van der Waals surface area contributed by atoms with Crippen LogP contribution in [0.5, 0.6) is 0 Å². The third-order valence-electron chi connectivity index (χ3n) is 0.776. The predicted molar refractivity (Wildman–Crippen MR) is 34.3 cm³/mol. The van der Waals surface area contributed by atoms with Crippen LogP contribution in [-0.2, 0) is 14.5 Å². The fourth-order valence-corrected chi connectivity index (χ4v) is 0.722. The van der Waals surface area contributed by atoms with Gasteiger partial charge in [-0.15, -0.1) is 0 Å². The number of rotatable bonds is 5. The molecule has 0 heterocycles. The first kappa shape index (κ1) is 9.80. The van der Waals surface area contributed by atoms with Gasteiger partial charge in [0.25, 0.3) is 0 Å². The molecule has 0 aliphatic rings. The maximum absolute atomic E-state index is 11.4. The Kier molecular flexibility index (Phi) is 4.50. The standard InChI is InChI=1S/C4H10FNO3S/c5-3-1-2-4-9-10(6,7)8/h1-4H2,(H2,6,7,8). The molecule has 0 radical (unpaired) electrons. The molecular formula is C4H10FNO3S. The van der Waals surface area contributed by atoms with Crippen LogP contribution in [0, 0.1) is 0 Å². The van der Waals surface area contributed by atoms with Crippen molar-refractivity contribution in [3.8, 4) is 0 Å². The summed E-state index contributed by atoms with van der Waals surface area (Å²) in [5.74, 6) is 0. The van der Waals surface area contributed by atoms with Crippen molar-refractivity contribution in [2.24, 2.45) is 5.14 Å². The van der Waals surface area contributed by atoms with Crippen molar-refractivity contribution < 1.29 is 17.0 Å². The Bertz CT molecular complexity index is 167. The Morgan fingerprint density at radius 2 is 2.00 bits per heavy atom. The van der Waals surface area contributed by atoms with Crippen LogP contribution in [0.4, 0.5) is 4.39 Å². The quantitative estimate of drug-likeness (QED) is 0.590. The van der Waals surface area contributed by atoms with Gasteiger partial charge in [-0.1, -0.05) is 0 Å². The van der Waals surface area contributed by atoms with Gasteiger partial charge in [0.2, 0.25) is 0 Å². The highest BCUT2D eigenvalue weighted by Crippen LogP contribution is 1.92. The van der Waals surface area contributed by atoms with Gasteiger partial charge in [0.05, 0.1) is 13.3 Å². The lowest BCUT2D eigenvalue weighted by molar-refractivity contribution is 0.300. The number of hydrogen-bond acceptors (Lipinski definition) is 3. The van der Waals surface area contributed by atoms with Crippen molar-refractivity contribution in [2.45, 2.75) is 12.8 Å². The minimum Gasteiger partial charge on any atom is -0.258 e. The van der Waals surface area contributed by atoms with E-state index in [-0.39, 0.29) is 6.61 Å². The third kappa shape index (κ3) is 7.80. The van der Waals surface area contributed by atoms with Gasteiger partial charge < -0.3 is 0 Å². The minimum atomic E-state index is -3.83. The lowest BCUT2D eigenvalue weighted by Crippen LogP contribution is -2.16. The Morgan fingerprint density at radius 1 is 1.40 bits per heavy atom. The first-order valence-corrected chi connectivity index (χ1v) is 4.26. The van der Waals surface area contributed by atoms with Crippen LogP contribution in [0.25, 0.3) is 0 Å². The van der Waals surface area contributed by atoms with Crippen molar-refractivity contribution in [3.63, 3.8) is 0 Å². The molecule has 0 saturated heterocycles. The average Bonchev–Trinajstić information content (AvgIpc) is 1.78. The van der Waals surface area contributed by atoms with E-state index in [4.69, 9.17) is 0 Å². The Hall–Kier alpha value is -0.200. The molecule has 0 spiro atoms. The van der Waals surface area contributed by atoms with Gasteiger partial charge in [-0.3, -0.25) is 8.57 Å². The zero-order valence-electron chi connectivity index (χ0n) is 5.42. The van der Waals surface area contributed by atoms with E-state index in [0.29, 0.717) is 12.8 Å². The lowest BCUT2D eigenvalue weighted by Gasteiger charge is -1.97. The van der Waals surface area contributed by atoms with Crippen LogP contribution in [0.2, 0.25) is 0 Å². The van der Waals surface area contributed by atoms with Crippen molar-refractivity contribution in [1.82, 2.24) is 0 Å². The molecule has 0 amide bonds. The van der Waals surface area contributed by atoms with Crippen molar-refractivity contribution in [2.75, 3.05) is 13.3 Å². The largest absolute Gasteiger partial charge is 0.333 e. The molecule has 0 aliphatic heterocycles. The van der Waals surface area contributed by atoms with E-state index in [9.17, 15) is 12.8 Å². The Morgan fingerprint density at radius 3 is 2.40 bits per heavy atom. The summed E-state index contributed by atoms with van der Waals surface area (Å²) < 4.78 is 35.6. The molecule has 0 saturated carbocycles. The Labute approximate surface area is 59.4 Å². The molecule has 0 fully saturated rings. The number of alkyl halides is 1. The minimum absolute atomic E-state index is 0.0389. The lowest BCUT2D eigenvalue weighted by atomic mass is 10.4. The first-order valence-electron chi connectivity index (χ1n) is 2.79. The summed E-state index contributed by atoms with van der Waals surface area (Å²) in [4.78, 5) is 0. The zero-order chi connectivity index (χ0) is 8.04. The maximum Gasteiger partial charge on any atom is 0.333 e. The van der Waals surface area contributed by atoms with E-state index in [1.807, 2.05) is 0 Å². The molecule has 0 aromatic heterocycles. The molecule has 0 unspecified atom stereocenters. The van der Waals surface area contributed by atoms with Crippen molar-refractivity contribution in [1.29, 1.82) is 0 Å². The second kappa shape index (κ2) is 4.59. The predicted octanol–water partition coefficient (Wildman–Crippen LogP) is -0.0438. The molecule has 0 atom stereocenters. The van der Waals surface area contributed by atoms with Crippen molar-refractivity contribution >= 4 is 10.3 Å². The summed E-state index contributed by atoms with van der Waals surface area (Å²) in [6.45, 7) is -0.503. The fraction of sp³-hybridized carbons (Fsp3) is 1.00. The first-order chi connectivity index (χ1) is 4.56. The molecular weight excluding hydrogens is 161 g/mol. The van der Waals surface area contributed by atoms with Gasteiger partial charge in [-0.2, -0.15) is 8.42 Å². The van der Waals surface area contributed by atoms with Crippen LogP contribution < -0.4 is 5.14 Å². The SMILES string of the molecule is NS(=O)(=O)OCCCCF. The van der Waals surface area contributed by atoms with Gasteiger partial charge in [-0.25, -0.2) is 5.14 Å². The van der Waals surface area contributed by atoms with Crippen LogP contribution in [0.3, 0.4) is 0 Å². The summed E-state index contributed by atoms with van der Waals surface area (Å²) in [5, 5.41) is 4.47. The van der Waals surface area contributed by atoms with Crippen LogP contribution in [0.1, 0.15) is 12.8 Å². The van der Waals surface area contributed by atoms with Crippen LogP contribution >= 0.6 is 0 Å². The van der Waals surface area contributed by atoms with E-state index in [1.165, 1.54) is 0 Å². The zero-order valence-corrected chi connectivity index (χ0v) is 6.23. The summed E-state index contributed by atoms with van der Waals surface area (Å²) in [6, 6.07) is 0. The summed E-state index contributed by atoms with van der Waals surface area (Å²) in [7, 11) is -3.83. The smallest absolute Gasteiger partial charge is 0.258 e. The third-order valence-corrected chi connectivity index (χ3v) is 1.27. The number of hydrogen-bond donors (Lipinski definition) is 1. The summed E-state index contributed by atoms with van der Waals surface area (Å²) in [5.41, 5.74) is 0. The van der Waals surface area contributed by atoms with Gasteiger partial charge in [0.1, 0.15) is 0 Å². The van der Waals surface area contributed by atoms with E-state index in [1.54, 1.807) is 0 Å². The molecule has 0 aliphatic carbocycles. The Balaban J connectivity index is 3.21. The van der Waals surface area contributed by atoms with Gasteiger partial charge in [-0.05, 0) is 12.8 Å². The molecule has 4 nitrogen and oxygen atoms in total. The highest BCUT2D eigenvalue weighted by atomic mass is 32.2. The second-order valence-electron chi connectivity index (χ2n) is 1.71. The van der Waals surface area contributed by atoms with E-state index in [0.717, 1.165) is 0 Å². The molecule has 10 heavy (non-hydrogen) atoms. The monoisotopic (exact) mass is 171 g/mol. The molecule has 0 aromatic carbocycles. The average molecular weight is 171 g/mol. The number of halogens is 1. The maximum atomic E-state index is 11.4. The van der Waals surface area contributed by atoms with Crippen LogP contribution in [-0.4, -0.2) is 21.7 Å². The van der Waals surface area contributed by atoms with E-state index in [2.05, 4.69) is 9.32 Å². The fourth-order valence-electron chi connectivity index (χ4n) is 0.372. The molecule has 62 valence electrons.